The smallest absolute Gasteiger partial charge is 0.238 e. The molecule has 1 unspecified atom stereocenters. The van der Waals surface area contributed by atoms with Gasteiger partial charge in [0.15, 0.2) is 17.3 Å². The van der Waals surface area contributed by atoms with Crippen molar-refractivity contribution in [2.24, 2.45) is 0 Å². The van der Waals surface area contributed by atoms with E-state index in [1.807, 2.05) is 17.5 Å². The minimum Gasteiger partial charge on any atom is -0.490 e. The standard InChI is InChI=1S/C21H23ClN2O4S/c22-15-11-18-19(28-8-3-7-27-18)12-16(15)23-21(26)13-24-6-1-4-14(24)10-17(25)20-5-2-9-29-20/h2,5,9,11-12,14H,1,3-4,6-8,10,13H2,(H,23,26). The van der Waals surface area contributed by atoms with E-state index in [2.05, 4.69) is 10.2 Å². The van der Waals surface area contributed by atoms with Gasteiger partial charge in [-0.2, -0.15) is 0 Å². The molecule has 8 heteroatoms. The summed E-state index contributed by atoms with van der Waals surface area (Å²) < 4.78 is 11.3. The zero-order valence-corrected chi connectivity index (χ0v) is 17.6. The second kappa shape index (κ2) is 9.15. The van der Waals surface area contributed by atoms with Crippen molar-refractivity contribution in [3.63, 3.8) is 0 Å². The molecule has 2 aliphatic heterocycles. The van der Waals surface area contributed by atoms with Gasteiger partial charge in [-0.1, -0.05) is 17.7 Å². The van der Waals surface area contributed by atoms with Crippen LogP contribution in [0.1, 0.15) is 35.4 Å². The van der Waals surface area contributed by atoms with Gasteiger partial charge < -0.3 is 14.8 Å². The summed E-state index contributed by atoms with van der Waals surface area (Å²) in [5, 5.41) is 5.20. The first-order chi connectivity index (χ1) is 14.1. The lowest BCUT2D eigenvalue weighted by atomic mass is 10.1. The van der Waals surface area contributed by atoms with Gasteiger partial charge in [-0.3, -0.25) is 14.5 Å². The molecule has 1 aromatic carbocycles. The van der Waals surface area contributed by atoms with Gasteiger partial charge in [-0.05, 0) is 30.8 Å². The first-order valence-electron chi connectivity index (χ1n) is 9.80. The summed E-state index contributed by atoms with van der Waals surface area (Å²) in [5.74, 6) is 1.17. The van der Waals surface area contributed by atoms with Crippen LogP contribution in [0.15, 0.2) is 29.6 Å². The van der Waals surface area contributed by atoms with Gasteiger partial charge in [0.1, 0.15) is 0 Å². The SMILES string of the molecule is O=C(CN1CCCC1CC(=O)c1cccs1)Nc1cc2c(cc1Cl)OCCCO2. The van der Waals surface area contributed by atoms with Crippen LogP contribution in [-0.2, 0) is 4.79 Å². The van der Waals surface area contributed by atoms with Crippen molar-refractivity contribution < 1.29 is 19.1 Å². The number of Topliss-reactive ketones (excluding diaryl/α,β-unsaturated/α-hetero) is 1. The lowest BCUT2D eigenvalue weighted by molar-refractivity contribution is -0.117. The van der Waals surface area contributed by atoms with Gasteiger partial charge in [-0.25, -0.2) is 0 Å². The Labute approximate surface area is 178 Å². The highest BCUT2D eigenvalue weighted by Crippen LogP contribution is 2.37. The molecule has 1 amide bonds. The number of rotatable bonds is 6. The van der Waals surface area contributed by atoms with Crippen LogP contribution in [0, 0.1) is 0 Å². The third-order valence-electron chi connectivity index (χ3n) is 5.17. The summed E-state index contributed by atoms with van der Waals surface area (Å²) >= 11 is 7.78. The largest absolute Gasteiger partial charge is 0.490 e. The van der Waals surface area contributed by atoms with E-state index in [1.165, 1.54) is 11.3 Å². The van der Waals surface area contributed by atoms with Crippen molar-refractivity contribution in [1.29, 1.82) is 0 Å². The topological polar surface area (TPSA) is 67.9 Å². The van der Waals surface area contributed by atoms with Crippen molar-refractivity contribution in [2.45, 2.75) is 31.7 Å². The number of thiophene rings is 1. The van der Waals surface area contributed by atoms with E-state index < -0.39 is 0 Å². The number of anilines is 1. The highest BCUT2D eigenvalue weighted by molar-refractivity contribution is 7.12. The van der Waals surface area contributed by atoms with Crippen LogP contribution in [0.25, 0.3) is 0 Å². The molecule has 0 saturated carbocycles. The number of carbonyl (C=O) groups is 2. The Kier molecular flexibility index (Phi) is 6.37. The number of likely N-dealkylation sites (tertiary alicyclic amines) is 1. The molecule has 1 fully saturated rings. The second-order valence-electron chi connectivity index (χ2n) is 7.25. The minimum absolute atomic E-state index is 0.0922. The molecule has 0 radical (unpaired) electrons. The van der Waals surface area contributed by atoms with E-state index in [9.17, 15) is 9.59 Å². The number of hydrogen-bond acceptors (Lipinski definition) is 6. The highest BCUT2D eigenvalue weighted by atomic mass is 35.5. The van der Waals surface area contributed by atoms with Crippen LogP contribution in [0.4, 0.5) is 5.69 Å². The zero-order valence-electron chi connectivity index (χ0n) is 16.0. The first kappa shape index (κ1) is 20.2. The van der Waals surface area contributed by atoms with Gasteiger partial charge in [-0.15, -0.1) is 11.3 Å². The van der Waals surface area contributed by atoms with Crippen molar-refractivity contribution in [2.75, 3.05) is 31.6 Å². The maximum Gasteiger partial charge on any atom is 0.238 e. The molecular formula is C21H23ClN2O4S. The number of ether oxygens (including phenoxy) is 2. The fraction of sp³-hybridized carbons (Fsp3) is 0.429. The third kappa shape index (κ3) is 4.91. The summed E-state index contributed by atoms with van der Waals surface area (Å²) in [5.41, 5.74) is 0.506. The molecule has 0 bridgehead atoms. The quantitative estimate of drug-likeness (QED) is 0.689. The van der Waals surface area contributed by atoms with Gasteiger partial charge in [0.2, 0.25) is 5.91 Å². The van der Waals surface area contributed by atoms with Crippen molar-refractivity contribution in [3.8, 4) is 11.5 Å². The normalized spacial score (nSPS) is 19.0. The molecule has 4 rings (SSSR count). The van der Waals surface area contributed by atoms with Crippen LogP contribution in [-0.4, -0.2) is 48.9 Å². The average Bonchev–Trinajstić information content (AvgIpc) is 3.32. The van der Waals surface area contributed by atoms with E-state index in [1.54, 1.807) is 12.1 Å². The van der Waals surface area contributed by atoms with Crippen LogP contribution in [0.2, 0.25) is 5.02 Å². The third-order valence-corrected chi connectivity index (χ3v) is 6.40. The molecule has 1 atom stereocenters. The summed E-state index contributed by atoms with van der Waals surface area (Å²) in [4.78, 5) is 27.9. The van der Waals surface area contributed by atoms with Gasteiger partial charge in [0.05, 0.1) is 35.3 Å². The van der Waals surface area contributed by atoms with Gasteiger partial charge in [0.25, 0.3) is 0 Å². The number of fused-ring (bicyclic) bond motifs is 1. The number of halogens is 1. The monoisotopic (exact) mass is 434 g/mol. The molecule has 2 aromatic rings. The van der Waals surface area contributed by atoms with Crippen molar-refractivity contribution in [1.82, 2.24) is 4.90 Å². The number of hydrogen-bond donors (Lipinski definition) is 1. The van der Waals surface area contributed by atoms with Crippen LogP contribution in [0.5, 0.6) is 11.5 Å². The number of nitrogens with one attached hydrogen (secondary N) is 1. The Bertz CT molecular complexity index is 887. The highest BCUT2D eigenvalue weighted by Gasteiger charge is 2.29. The molecule has 29 heavy (non-hydrogen) atoms. The Morgan fingerprint density at radius 3 is 2.76 bits per heavy atom. The van der Waals surface area contributed by atoms with Crippen LogP contribution >= 0.6 is 22.9 Å². The number of carbonyl (C=O) groups excluding carboxylic acids is 2. The minimum atomic E-state index is -0.156. The molecule has 1 N–H and O–H groups in total. The van der Waals surface area contributed by atoms with Crippen LogP contribution in [0.3, 0.4) is 0 Å². The summed E-state index contributed by atoms with van der Waals surface area (Å²) in [6.45, 7) is 2.18. The molecule has 0 spiro atoms. The number of amides is 1. The zero-order chi connectivity index (χ0) is 20.2. The van der Waals surface area contributed by atoms with Gasteiger partial charge in [0, 0.05) is 31.0 Å². The fourth-order valence-corrected chi connectivity index (χ4v) is 4.62. The summed E-state index contributed by atoms with van der Waals surface area (Å²) in [7, 11) is 0. The first-order valence-corrected chi connectivity index (χ1v) is 11.1. The molecule has 6 nitrogen and oxygen atoms in total. The van der Waals surface area contributed by atoms with E-state index >= 15 is 0 Å². The molecule has 1 aromatic heterocycles. The predicted octanol–water partition coefficient (Wildman–Crippen LogP) is 4.24. The van der Waals surface area contributed by atoms with E-state index in [4.69, 9.17) is 21.1 Å². The molecule has 1 saturated heterocycles. The lowest BCUT2D eigenvalue weighted by Gasteiger charge is -2.23. The summed E-state index contributed by atoms with van der Waals surface area (Å²) in [6, 6.07) is 7.22. The Balaban J connectivity index is 1.37. The Morgan fingerprint density at radius 2 is 2.00 bits per heavy atom. The van der Waals surface area contributed by atoms with Gasteiger partial charge >= 0.3 is 0 Å². The second-order valence-corrected chi connectivity index (χ2v) is 8.60. The Morgan fingerprint density at radius 1 is 1.21 bits per heavy atom. The maximum atomic E-state index is 12.7. The molecular weight excluding hydrogens is 412 g/mol. The fourth-order valence-electron chi connectivity index (χ4n) is 3.74. The average molecular weight is 435 g/mol. The molecule has 2 aliphatic rings. The number of benzene rings is 1. The van der Waals surface area contributed by atoms with E-state index in [0.717, 1.165) is 30.7 Å². The number of ketones is 1. The summed E-state index contributed by atoms with van der Waals surface area (Å²) in [6.07, 6.45) is 3.16. The van der Waals surface area contributed by atoms with E-state index in [0.29, 0.717) is 41.8 Å². The Hall–Kier alpha value is -2.09. The predicted molar refractivity (Wildman–Crippen MR) is 114 cm³/mol. The van der Waals surface area contributed by atoms with E-state index in [-0.39, 0.29) is 24.3 Å². The molecule has 154 valence electrons. The van der Waals surface area contributed by atoms with Crippen LogP contribution < -0.4 is 14.8 Å². The van der Waals surface area contributed by atoms with Crippen molar-refractivity contribution >= 4 is 40.3 Å². The molecule has 0 aliphatic carbocycles. The lowest BCUT2D eigenvalue weighted by Crippen LogP contribution is -2.37. The number of nitrogens with zero attached hydrogens (tertiary/aromatic N) is 1. The maximum absolute atomic E-state index is 12.7. The molecule has 3 heterocycles. The van der Waals surface area contributed by atoms with Crippen molar-refractivity contribution in [3.05, 3.63) is 39.5 Å².